The summed E-state index contributed by atoms with van der Waals surface area (Å²) in [7, 11) is 0. The molecule has 0 atom stereocenters. The van der Waals surface area contributed by atoms with Crippen LogP contribution in [0.15, 0.2) is 18.2 Å². The average molecular weight is 163 g/mol. The Morgan fingerprint density at radius 1 is 1.42 bits per heavy atom. The zero-order valence-electron chi connectivity index (χ0n) is 7.17. The van der Waals surface area contributed by atoms with Crippen molar-refractivity contribution in [1.29, 1.82) is 0 Å². The summed E-state index contributed by atoms with van der Waals surface area (Å²) < 4.78 is 0. The SMILES string of the molecule is Cc1cccc(C2(N)CC2)c1O. The van der Waals surface area contributed by atoms with E-state index in [1.165, 1.54) is 0 Å². The number of aromatic hydroxyl groups is 1. The normalized spacial score (nSPS) is 19.2. The zero-order valence-corrected chi connectivity index (χ0v) is 7.17. The van der Waals surface area contributed by atoms with Crippen molar-refractivity contribution in [3.05, 3.63) is 29.3 Å². The Labute approximate surface area is 72.0 Å². The molecule has 1 aromatic carbocycles. The van der Waals surface area contributed by atoms with Crippen molar-refractivity contribution >= 4 is 0 Å². The zero-order chi connectivity index (χ0) is 8.77. The van der Waals surface area contributed by atoms with Crippen molar-refractivity contribution < 1.29 is 5.11 Å². The van der Waals surface area contributed by atoms with E-state index in [-0.39, 0.29) is 5.54 Å². The molecule has 1 aliphatic carbocycles. The Bertz CT molecular complexity index is 316. The fraction of sp³-hybridized carbons (Fsp3) is 0.400. The number of para-hydroxylation sites is 1. The quantitative estimate of drug-likeness (QED) is 0.661. The highest BCUT2D eigenvalue weighted by Crippen LogP contribution is 2.46. The van der Waals surface area contributed by atoms with E-state index in [0.29, 0.717) is 5.75 Å². The lowest BCUT2D eigenvalue weighted by Crippen LogP contribution is -2.18. The van der Waals surface area contributed by atoms with Gasteiger partial charge in [-0.2, -0.15) is 0 Å². The number of hydrogen-bond donors (Lipinski definition) is 2. The molecular formula is C10H13NO. The maximum atomic E-state index is 9.69. The molecule has 0 aromatic heterocycles. The molecular weight excluding hydrogens is 150 g/mol. The summed E-state index contributed by atoms with van der Waals surface area (Å²) in [6, 6.07) is 5.75. The lowest BCUT2D eigenvalue weighted by Gasteiger charge is -2.12. The molecule has 0 amide bonds. The second-order valence-electron chi connectivity index (χ2n) is 3.63. The fourth-order valence-electron chi connectivity index (χ4n) is 1.46. The van der Waals surface area contributed by atoms with E-state index in [1.807, 2.05) is 25.1 Å². The molecule has 2 heteroatoms. The highest BCUT2D eigenvalue weighted by Gasteiger charge is 2.41. The summed E-state index contributed by atoms with van der Waals surface area (Å²) in [6.45, 7) is 1.89. The van der Waals surface area contributed by atoms with E-state index in [1.54, 1.807) is 0 Å². The van der Waals surface area contributed by atoms with Crippen LogP contribution in [0.25, 0.3) is 0 Å². The van der Waals surface area contributed by atoms with Gasteiger partial charge in [-0.25, -0.2) is 0 Å². The van der Waals surface area contributed by atoms with Crippen LogP contribution in [-0.2, 0) is 5.54 Å². The molecule has 1 aromatic rings. The predicted molar refractivity (Wildman–Crippen MR) is 47.9 cm³/mol. The Morgan fingerprint density at radius 2 is 2.08 bits per heavy atom. The van der Waals surface area contributed by atoms with Crippen LogP contribution in [-0.4, -0.2) is 5.11 Å². The van der Waals surface area contributed by atoms with Crippen molar-refractivity contribution in [3.8, 4) is 5.75 Å². The lowest BCUT2D eigenvalue weighted by molar-refractivity contribution is 0.455. The molecule has 0 radical (unpaired) electrons. The van der Waals surface area contributed by atoms with Crippen molar-refractivity contribution in [2.24, 2.45) is 5.73 Å². The fourth-order valence-corrected chi connectivity index (χ4v) is 1.46. The van der Waals surface area contributed by atoms with Gasteiger partial charge in [-0.05, 0) is 25.3 Å². The molecule has 64 valence electrons. The summed E-state index contributed by atoms with van der Waals surface area (Å²) in [5.41, 5.74) is 7.56. The maximum absolute atomic E-state index is 9.69. The summed E-state index contributed by atoms with van der Waals surface area (Å²) in [6.07, 6.45) is 1.98. The predicted octanol–water partition coefficient (Wildman–Crippen LogP) is 1.65. The first-order chi connectivity index (χ1) is 5.63. The number of nitrogens with two attached hydrogens (primary N) is 1. The Balaban J connectivity index is 2.51. The van der Waals surface area contributed by atoms with Gasteiger partial charge in [0, 0.05) is 11.1 Å². The smallest absolute Gasteiger partial charge is 0.123 e. The molecule has 2 nitrogen and oxygen atoms in total. The van der Waals surface area contributed by atoms with Crippen molar-refractivity contribution in [3.63, 3.8) is 0 Å². The lowest BCUT2D eigenvalue weighted by atomic mass is 10.0. The Hall–Kier alpha value is -1.02. The number of phenolic OH excluding ortho intramolecular Hbond substituents is 1. The van der Waals surface area contributed by atoms with Crippen molar-refractivity contribution in [2.45, 2.75) is 25.3 Å². The van der Waals surface area contributed by atoms with Crippen LogP contribution >= 0.6 is 0 Å². The van der Waals surface area contributed by atoms with E-state index >= 15 is 0 Å². The molecule has 0 unspecified atom stereocenters. The number of aryl methyl sites for hydroxylation is 1. The van der Waals surface area contributed by atoms with Gasteiger partial charge in [0.25, 0.3) is 0 Å². The second kappa shape index (κ2) is 2.23. The van der Waals surface area contributed by atoms with Crippen molar-refractivity contribution in [2.75, 3.05) is 0 Å². The summed E-state index contributed by atoms with van der Waals surface area (Å²) in [5, 5.41) is 9.69. The molecule has 0 aliphatic heterocycles. The Kier molecular flexibility index (Phi) is 1.42. The third-order valence-electron chi connectivity index (χ3n) is 2.56. The van der Waals surface area contributed by atoms with Crippen LogP contribution in [0.2, 0.25) is 0 Å². The minimum Gasteiger partial charge on any atom is -0.507 e. The summed E-state index contributed by atoms with van der Waals surface area (Å²) in [4.78, 5) is 0. The number of benzene rings is 1. The average Bonchev–Trinajstić information content (AvgIpc) is 2.75. The molecule has 0 saturated heterocycles. The van der Waals surface area contributed by atoms with Crippen LogP contribution < -0.4 is 5.73 Å². The van der Waals surface area contributed by atoms with E-state index in [0.717, 1.165) is 24.0 Å². The first-order valence-corrected chi connectivity index (χ1v) is 4.21. The van der Waals surface area contributed by atoms with Gasteiger partial charge in [0.1, 0.15) is 5.75 Å². The number of hydrogen-bond acceptors (Lipinski definition) is 2. The standard InChI is InChI=1S/C10H13NO/c1-7-3-2-4-8(9(7)12)10(11)5-6-10/h2-4,12H,5-6,11H2,1H3. The van der Waals surface area contributed by atoms with E-state index in [2.05, 4.69) is 0 Å². The van der Waals surface area contributed by atoms with Crippen LogP contribution in [0.1, 0.15) is 24.0 Å². The molecule has 0 heterocycles. The minimum atomic E-state index is -0.226. The van der Waals surface area contributed by atoms with Gasteiger partial charge in [0.05, 0.1) is 0 Å². The second-order valence-corrected chi connectivity index (χ2v) is 3.63. The van der Waals surface area contributed by atoms with E-state index in [9.17, 15) is 5.11 Å². The molecule has 1 fully saturated rings. The maximum Gasteiger partial charge on any atom is 0.123 e. The molecule has 12 heavy (non-hydrogen) atoms. The highest BCUT2D eigenvalue weighted by molar-refractivity contribution is 5.45. The summed E-state index contributed by atoms with van der Waals surface area (Å²) >= 11 is 0. The number of rotatable bonds is 1. The third kappa shape index (κ3) is 0.994. The largest absolute Gasteiger partial charge is 0.507 e. The molecule has 1 aliphatic rings. The minimum absolute atomic E-state index is 0.226. The molecule has 2 rings (SSSR count). The first-order valence-electron chi connectivity index (χ1n) is 4.21. The third-order valence-corrected chi connectivity index (χ3v) is 2.56. The van der Waals surface area contributed by atoms with Gasteiger partial charge in [0.2, 0.25) is 0 Å². The summed E-state index contributed by atoms with van der Waals surface area (Å²) in [5.74, 6) is 0.373. The Morgan fingerprint density at radius 3 is 2.67 bits per heavy atom. The van der Waals surface area contributed by atoms with Crippen LogP contribution in [0.5, 0.6) is 5.75 Å². The molecule has 1 saturated carbocycles. The highest BCUT2D eigenvalue weighted by atomic mass is 16.3. The van der Waals surface area contributed by atoms with Gasteiger partial charge < -0.3 is 10.8 Å². The van der Waals surface area contributed by atoms with Gasteiger partial charge in [0.15, 0.2) is 0 Å². The molecule has 0 bridgehead atoms. The number of phenols is 1. The van der Waals surface area contributed by atoms with Gasteiger partial charge >= 0.3 is 0 Å². The van der Waals surface area contributed by atoms with Crippen LogP contribution in [0, 0.1) is 6.92 Å². The van der Waals surface area contributed by atoms with E-state index in [4.69, 9.17) is 5.73 Å². The molecule has 3 N–H and O–H groups in total. The van der Waals surface area contributed by atoms with Crippen molar-refractivity contribution in [1.82, 2.24) is 0 Å². The van der Waals surface area contributed by atoms with Crippen LogP contribution in [0.3, 0.4) is 0 Å². The van der Waals surface area contributed by atoms with Gasteiger partial charge in [-0.3, -0.25) is 0 Å². The van der Waals surface area contributed by atoms with Gasteiger partial charge in [-0.15, -0.1) is 0 Å². The van der Waals surface area contributed by atoms with Gasteiger partial charge in [-0.1, -0.05) is 18.2 Å². The van der Waals surface area contributed by atoms with Crippen LogP contribution in [0.4, 0.5) is 0 Å². The molecule has 0 spiro atoms. The topological polar surface area (TPSA) is 46.2 Å². The monoisotopic (exact) mass is 163 g/mol. The van der Waals surface area contributed by atoms with E-state index < -0.39 is 0 Å². The first kappa shape index (κ1) is 7.62.